The summed E-state index contributed by atoms with van der Waals surface area (Å²) in [6.07, 6.45) is 0. The zero-order valence-corrected chi connectivity index (χ0v) is 4.11. The van der Waals surface area contributed by atoms with Crippen molar-refractivity contribution in [1.82, 2.24) is 0 Å². The van der Waals surface area contributed by atoms with Gasteiger partial charge in [-0.05, 0) is 0 Å². The largest absolute Gasteiger partial charge is 0.479 e. The van der Waals surface area contributed by atoms with E-state index in [-0.39, 0.29) is 0 Å². The molecule has 6 heavy (non-hydrogen) atoms. The van der Waals surface area contributed by atoms with Crippen molar-refractivity contribution in [2.75, 3.05) is 0 Å². The molecule has 2 atom stereocenters. The third-order valence-corrected chi connectivity index (χ3v) is 0.538. The van der Waals surface area contributed by atoms with Crippen molar-refractivity contribution in [3.63, 3.8) is 0 Å². The fourth-order valence-corrected chi connectivity index (χ4v) is 0. The fraction of sp³-hybridized carbons (Fsp3) is 0.500. The SMILES string of the molecule is O=C(O)[C@@H](O)P. The van der Waals surface area contributed by atoms with E-state index in [0.29, 0.717) is 0 Å². The molecule has 2 N–H and O–H groups in total. The summed E-state index contributed by atoms with van der Waals surface area (Å²) in [7, 11) is 1.73. The Morgan fingerprint density at radius 3 is 2.00 bits per heavy atom. The van der Waals surface area contributed by atoms with Gasteiger partial charge in [0.2, 0.25) is 0 Å². The molecule has 0 rings (SSSR count). The molecule has 0 aliphatic rings. The van der Waals surface area contributed by atoms with Gasteiger partial charge >= 0.3 is 5.97 Å². The lowest BCUT2D eigenvalue weighted by Gasteiger charge is -1.89. The molecule has 3 nitrogen and oxygen atoms in total. The number of rotatable bonds is 1. The van der Waals surface area contributed by atoms with Gasteiger partial charge in [0.05, 0.1) is 0 Å². The molecule has 0 aliphatic heterocycles. The molecule has 0 fully saturated rings. The summed E-state index contributed by atoms with van der Waals surface area (Å²) in [6, 6.07) is 0. The Kier molecular flexibility index (Phi) is 2.06. The Labute approximate surface area is 37.2 Å². The number of aliphatic hydroxyl groups is 1. The summed E-state index contributed by atoms with van der Waals surface area (Å²) in [5.41, 5.74) is 0. The lowest BCUT2D eigenvalue weighted by molar-refractivity contribution is -0.142. The molecule has 0 aliphatic carbocycles. The Balaban J connectivity index is 3.26. The number of hydrogen-bond acceptors (Lipinski definition) is 2. The Morgan fingerprint density at radius 1 is 1.83 bits per heavy atom. The molecule has 0 spiro atoms. The van der Waals surface area contributed by atoms with E-state index in [9.17, 15) is 4.79 Å². The Hall–Kier alpha value is -0.140. The van der Waals surface area contributed by atoms with Gasteiger partial charge in [0.25, 0.3) is 0 Å². The van der Waals surface area contributed by atoms with Crippen LogP contribution in [0.25, 0.3) is 0 Å². The molecule has 1 unspecified atom stereocenters. The van der Waals surface area contributed by atoms with E-state index in [2.05, 4.69) is 0 Å². The van der Waals surface area contributed by atoms with Crippen molar-refractivity contribution in [3.05, 3.63) is 0 Å². The number of hydrogen-bond donors (Lipinski definition) is 2. The number of carboxylic acid groups (broad SMARTS) is 1. The van der Waals surface area contributed by atoms with Gasteiger partial charge in [0, 0.05) is 0 Å². The highest BCUT2D eigenvalue weighted by atomic mass is 31.0. The van der Waals surface area contributed by atoms with E-state index < -0.39 is 11.8 Å². The molecule has 0 bridgehead atoms. The molecule has 0 aromatic carbocycles. The summed E-state index contributed by atoms with van der Waals surface area (Å²) >= 11 is 0. The molecular weight excluding hydrogens is 103 g/mol. The second-order valence-corrected chi connectivity index (χ2v) is 1.41. The lowest BCUT2D eigenvalue weighted by Crippen LogP contribution is -2.09. The van der Waals surface area contributed by atoms with Gasteiger partial charge in [-0.2, -0.15) is 0 Å². The lowest BCUT2D eigenvalue weighted by atomic mass is 10.7. The Morgan fingerprint density at radius 2 is 2.00 bits per heavy atom. The summed E-state index contributed by atoms with van der Waals surface area (Å²) in [5, 5.41) is 15.7. The van der Waals surface area contributed by atoms with E-state index in [4.69, 9.17) is 10.2 Å². The van der Waals surface area contributed by atoms with E-state index >= 15 is 0 Å². The zero-order chi connectivity index (χ0) is 5.15. The van der Waals surface area contributed by atoms with Gasteiger partial charge in [-0.25, -0.2) is 4.79 Å². The first-order valence-corrected chi connectivity index (χ1v) is 1.97. The first-order valence-electron chi connectivity index (χ1n) is 1.31. The highest BCUT2D eigenvalue weighted by Crippen LogP contribution is 1.90. The van der Waals surface area contributed by atoms with Crippen molar-refractivity contribution >= 4 is 15.2 Å². The topological polar surface area (TPSA) is 57.5 Å². The number of carbonyl (C=O) groups is 1. The van der Waals surface area contributed by atoms with Crippen LogP contribution in [0, 0.1) is 0 Å². The minimum Gasteiger partial charge on any atom is -0.479 e. The second kappa shape index (κ2) is 2.11. The van der Waals surface area contributed by atoms with Crippen LogP contribution < -0.4 is 0 Å². The number of carboxylic acids is 1. The van der Waals surface area contributed by atoms with E-state index in [1.165, 1.54) is 0 Å². The number of aliphatic carboxylic acids is 1. The van der Waals surface area contributed by atoms with Crippen molar-refractivity contribution < 1.29 is 15.0 Å². The maximum Gasteiger partial charge on any atom is 0.336 e. The van der Waals surface area contributed by atoms with Crippen LogP contribution in [0.15, 0.2) is 0 Å². The average molecular weight is 108 g/mol. The van der Waals surface area contributed by atoms with Gasteiger partial charge < -0.3 is 10.2 Å². The molecule has 0 saturated carbocycles. The maximum absolute atomic E-state index is 9.43. The van der Waals surface area contributed by atoms with Gasteiger partial charge in [0.15, 0.2) is 5.85 Å². The predicted octanol–water partition coefficient (Wildman–Crippen LogP) is -0.735. The predicted molar refractivity (Wildman–Crippen MR) is 23.4 cm³/mol. The first-order chi connectivity index (χ1) is 2.64. The zero-order valence-electron chi connectivity index (χ0n) is 2.96. The summed E-state index contributed by atoms with van der Waals surface area (Å²) in [5.74, 6) is -2.54. The van der Waals surface area contributed by atoms with Crippen molar-refractivity contribution in [1.29, 1.82) is 0 Å². The smallest absolute Gasteiger partial charge is 0.336 e. The quantitative estimate of drug-likeness (QED) is 0.435. The van der Waals surface area contributed by atoms with E-state index in [1.807, 2.05) is 0 Å². The van der Waals surface area contributed by atoms with Crippen LogP contribution in [0.1, 0.15) is 0 Å². The molecule has 36 valence electrons. The molecular formula is C2H5O3P. The van der Waals surface area contributed by atoms with E-state index in [1.54, 1.807) is 9.24 Å². The summed E-state index contributed by atoms with van der Waals surface area (Å²) in [4.78, 5) is 9.43. The van der Waals surface area contributed by atoms with Crippen LogP contribution >= 0.6 is 9.24 Å². The normalized spacial score (nSPS) is 13.7. The van der Waals surface area contributed by atoms with Gasteiger partial charge in [-0.1, -0.05) is 9.24 Å². The van der Waals surface area contributed by atoms with Crippen LogP contribution in [0.3, 0.4) is 0 Å². The molecule has 0 amide bonds. The van der Waals surface area contributed by atoms with Crippen molar-refractivity contribution in [3.8, 4) is 0 Å². The maximum atomic E-state index is 9.43. The third-order valence-electron chi connectivity index (χ3n) is 0.253. The van der Waals surface area contributed by atoms with Crippen LogP contribution in [0.4, 0.5) is 0 Å². The van der Waals surface area contributed by atoms with E-state index in [0.717, 1.165) is 0 Å². The van der Waals surface area contributed by atoms with Gasteiger partial charge in [-0.15, -0.1) is 0 Å². The fourth-order valence-electron chi connectivity index (χ4n) is 0. The standard InChI is InChI=1S/C2H5O3P/c3-1(4)2(5)6/h2,5H,6H2,(H,3,4)/t2-/m0/s1. The van der Waals surface area contributed by atoms with Crippen molar-refractivity contribution in [2.45, 2.75) is 5.85 Å². The average Bonchev–Trinajstić information content (AvgIpc) is 1.36. The monoisotopic (exact) mass is 108 g/mol. The first kappa shape index (κ1) is 5.86. The molecule has 0 radical (unpaired) electrons. The molecule has 4 heteroatoms. The van der Waals surface area contributed by atoms with Gasteiger partial charge in [-0.3, -0.25) is 0 Å². The second-order valence-electron chi connectivity index (χ2n) is 0.783. The minimum atomic E-state index is -1.31. The van der Waals surface area contributed by atoms with Crippen LogP contribution in [0.2, 0.25) is 0 Å². The van der Waals surface area contributed by atoms with Crippen LogP contribution in [-0.2, 0) is 4.79 Å². The number of aliphatic hydroxyl groups excluding tert-OH is 1. The molecule has 0 aromatic heterocycles. The highest BCUT2D eigenvalue weighted by molar-refractivity contribution is 7.18. The van der Waals surface area contributed by atoms with Crippen molar-refractivity contribution in [2.24, 2.45) is 0 Å². The van der Waals surface area contributed by atoms with Gasteiger partial charge in [0.1, 0.15) is 0 Å². The molecule has 0 aromatic rings. The molecule has 0 heterocycles. The minimum absolute atomic E-state index is 1.22. The summed E-state index contributed by atoms with van der Waals surface area (Å²) < 4.78 is 0. The molecule has 0 saturated heterocycles. The van der Waals surface area contributed by atoms with Crippen LogP contribution in [-0.4, -0.2) is 22.0 Å². The highest BCUT2D eigenvalue weighted by Gasteiger charge is 2.01. The Bertz CT molecular complexity index is 59.8. The summed E-state index contributed by atoms with van der Waals surface area (Å²) in [6.45, 7) is 0. The third kappa shape index (κ3) is 2.12. The van der Waals surface area contributed by atoms with Crippen LogP contribution in [0.5, 0.6) is 0 Å².